The Morgan fingerprint density at radius 2 is 1.60 bits per heavy atom. The number of halogens is 3. The molecule has 2 radical (unpaired) electrons. The summed E-state index contributed by atoms with van der Waals surface area (Å²) in [6, 6.07) is 0. The topological polar surface area (TPSA) is 77.4 Å². The molecule has 62 valence electrons. The maximum absolute atomic E-state index is 9.30. The fourth-order valence-electron chi connectivity index (χ4n) is 0. The first-order valence-corrected chi connectivity index (χ1v) is 5.10. The lowest BCUT2D eigenvalue weighted by molar-refractivity contribution is -0.302. The molecular weight excluding hydrogens is 225 g/mol. The van der Waals surface area contributed by atoms with E-state index in [2.05, 4.69) is 22.5 Å². The minimum absolute atomic E-state index is 0. The summed E-state index contributed by atoms with van der Waals surface area (Å²) < 4.78 is 9.30. The van der Waals surface area contributed by atoms with Crippen LogP contribution in [0.5, 0.6) is 0 Å². The molecule has 4 nitrogen and oxygen atoms in total. The van der Waals surface area contributed by atoms with Gasteiger partial charge in [0.2, 0.25) is 0 Å². The van der Waals surface area contributed by atoms with Crippen LogP contribution in [-0.2, 0) is 9.36 Å². The molecule has 0 aliphatic rings. The van der Waals surface area contributed by atoms with Gasteiger partial charge in [-0.15, -0.1) is 0 Å². The van der Waals surface area contributed by atoms with Crippen LogP contribution in [0.25, 0.3) is 0 Å². The molecule has 0 saturated carbocycles. The van der Waals surface area contributed by atoms with Crippen molar-refractivity contribution in [2.24, 2.45) is 0 Å². The normalized spacial score (nSPS) is 8.40. The Balaban J connectivity index is -0.0000000910. The number of hydrogen-bond acceptors (Lipinski definition) is 3. The molecule has 0 aliphatic carbocycles. The molecule has 0 aliphatic heterocycles. The number of hydrogen-bond donors (Lipinski definition) is 1. The third kappa shape index (κ3) is 1720. The molecule has 0 heterocycles. The number of carboxylic acids is 1. The van der Waals surface area contributed by atoms with E-state index in [1.807, 2.05) is 0 Å². The van der Waals surface area contributed by atoms with Gasteiger partial charge in [-0.2, -0.15) is 0 Å². The summed E-state index contributed by atoms with van der Waals surface area (Å²) in [7, 11) is 0. The highest BCUT2D eigenvalue weighted by Crippen LogP contribution is 2.51. The van der Waals surface area contributed by atoms with Crippen LogP contribution in [0.15, 0.2) is 0 Å². The number of aliphatic carboxylic acids is 1. The first kappa shape index (κ1) is 16.9. The van der Waals surface area contributed by atoms with Crippen molar-refractivity contribution >= 4 is 34.5 Å². The zero-order valence-electron chi connectivity index (χ0n) is 4.75. The Bertz CT molecular complexity index is 118. The van der Waals surface area contributed by atoms with Crippen LogP contribution in [0.2, 0.25) is 0 Å². The van der Waals surface area contributed by atoms with Gasteiger partial charge in [-0.05, 0) is 29.4 Å². The van der Waals surface area contributed by atoms with Gasteiger partial charge >= 0.3 is 18.5 Å². The Morgan fingerprint density at radius 1 is 1.60 bits per heavy atom. The van der Waals surface area contributed by atoms with Gasteiger partial charge < -0.3 is 14.8 Å². The van der Waals surface area contributed by atoms with Gasteiger partial charge in [-0.1, -0.05) is 0 Å². The van der Waals surface area contributed by atoms with Gasteiger partial charge in [0.25, 0.3) is 0 Å². The zero-order valence-corrected chi connectivity index (χ0v) is 7.92. The van der Waals surface area contributed by atoms with Gasteiger partial charge in [0.15, 0.2) is 0 Å². The van der Waals surface area contributed by atoms with Gasteiger partial charge in [0, 0.05) is 5.97 Å². The molecule has 0 fully saturated rings. The van der Waals surface area contributed by atoms with Crippen LogP contribution >= 0.6 is 28.6 Å². The average Bonchev–Trinajstić information content (AvgIpc) is 1.19. The predicted molar refractivity (Wildman–Crippen MR) is 32.2 cm³/mol. The Kier molecular flexibility index (Phi) is 12.9. The lowest BCUT2D eigenvalue weighted by Gasteiger charge is -1.77. The number of carbonyl (C=O) groups is 1. The van der Waals surface area contributed by atoms with Crippen molar-refractivity contribution < 1.29 is 31.8 Å². The zero-order chi connectivity index (χ0) is 8.08. The van der Waals surface area contributed by atoms with E-state index < -0.39 is 12.0 Å². The molecule has 0 saturated heterocycles. The summed E-state index contributed by atoms with van der Waals surface area (Å²) in [5.41, 5.74) is 0. The summed E-state index contributed by atoms with van der Waals surface area (Å²) in [6.07, 6.45) is -3.69. The van der Waals surface area contributed by atoms with Crippen LogP contribution < -0.4 is 5.11 Å². The molecule has 1 N–H and O–H groups in total. The van der Waals surface area contributed by atoms with Crippen LogP contribution in [0.1, 0.15) is 6.92 Å². The molecule has 0 aromatic carbocycles. The second kappa shape index (κ2) is 7.63. The van der Waals surface area contributed by atoms with Crippen molar-refractivity contribution in [2.75, 3.05) is 0 Å². The highest BCUT2D eigenvalue weighted by atomic mass is 35.9. The lowest BCUT2D eigenvalue weighted by Crippen LogP contribution is -2.16. The van der Waals surface area contributed by atoms with Crippen LogP contribution in [-0.4, -0.2) is 10.9 Å². The van der Waals surface area contributed by atoms with E-state index in [1.54, 1.807) is 0 Å². The maximum atomic E-state index is 9.30. The lowest BCUT2D eigenvalue weighted by atomic mass is 10.9. The van der Waals surface area contributed by atoms with Crippen molar-refractivity contribution in [2.45, 2.75) is 6.92 Å². The Morgan fingerprint density at radius 3 is 1.60 bits per heavy atom. The summed E-state index contributed by atoms with van der Waals surface area (Å²) >= 11 is 8.81. The molecule has 8 heteroatoms. The molecular formula is C2H4Cl3O4P. The van der Waals surface area contributed by atoms with Crippen LogP contribution in [0.3, 0.4) is 0 Å². The molecule has 0 rings (SSSR count). The minimum Gasteiger partial charge on any atom is -0.550 e. The highest BCUT2D eigenvalue weighted by Gasteiger charge is 2.02. The van der Waals surface area contributed by atoms with Gasteiger partial charge in [0.1, 0.15) is 0 Å². The molecule has 0 atom stereocenters. The number of carbonyl (C=O) groups excluding carboxylic acids is 1. The highest BCUT2D eigenvalue weighted by molar-refractivity contribution is 8.04. The smallest absolute Gasteiger partial charge is 0.550 e. The fourth-order valence-corrected chi connectivity index (χ4v) is 0. The second-order valence-electron chi connectivity index (χ2n) is 0.926. The van der Waals surface area contributed by atoms with E-state index in [0.717, 1.165) is 6.92 Å². The second-order valence-corrected chi connectivity index (χ2v) is 5.06. The van der Waals surface area contributed by atoms with Gasteiger partial charge in [0.05, 0.1) is 0 Å². The van der Waals surface area contributed by atoms with Crippen molar-refractivity contribution in [1.29, 1.82) is 0 Å². The first-order chi connectivity index (χ1) is 3.73. The number of carboxylic acid groups (broad SMARTS) is 1. The van der Waals surface area contributed by atoms with E-state index in [4.69, 9.17) is 14.8 Å². The van der Waals surface area contributed by atoms with Gasteiger partial charge in [-0.25, -0.2) is 0 Å². The molecule has 10 heavy (non-hydrogen) atoms. The van der Waals surface area contributed by atoms with Gasteiger partial charge in [-0.3, -0.25) is 4.57 Å². The summed E-state index contributed by atoms with van der Waals surface area (Å²) in [6.45, 7) is 0.972. The molecule has 0 unspecified atom stereocenters. The molecule has 0 amide bonds. The molecule has 0 aromatic heterocycles. The average molecular weight is 229 g/mol. The third-order valence-corrected chi connectivity index (χ3v) is 0. The quantitative estimate of drug-likeness (QED) is 0.607. The van der Waals surface area contributed by atoms with E-state index in [9.17, 15) is 4.57 Å². The Hall–Kier alpha value is 0.530. The third-order valence-electron chi connectivity index (χ3n) is 0. The summed E-state index contributed by atoms with van der Waals surface area (Å²) in [5, 5.41) is 8.89. The van der Waals surface area contributed by atoms with E-state index in [-0.39, 0.29) is 12.4 Å². The first-order valence-electron chi connectivity index (χ1n) is 1.63. The molecule has 0 bridgehead atoms. The van der Waals surface area contributed by atoms with E-state index in [1.165, 1.54) is 0 Å². The van der Waals surface area contributed by atoms with Crippen LogP contribution in [0.4, 0.5) is 0 Å². The summed E-state index contributed by atoms with van der Waals surface area (Å²) in [5.74, 6) is -1.08. The maximum Gasteiger partial charge on any atom is 1.00 e. The minimum atomic E-state index is -3.69. The van der Waals surface area contributed by atoms with Crippen molar-refractivity contribution in [1.82, 2.24) is 0 Å². The van der Waals surface area contributed by atoms with E-state index in [0.29, 0.717) is 0 Å². The van der Waals surface area contributed by atoms with Crippen molar-refractivity contribution in [3.05, 3.63) is 0 Å². The number of rotatable bonds is 0. The SMILES string of the molecule is CC(=O)[O-].O=P(O)(Cl)Cl.[Cl+]. The van der Waals surface area contributed by atoms with Crippen molar-refractivity contribution in [3.8, 4) is 0 Å². The molecule has 0 spiro atoms. The van der Waals surface area contributed by atoms with Crippen LogP contribution in [0, 0.1) is 12.4 Å². The fraction of sp³-hybridized carbons (Fsp3) is 0.500. The van der Waals surface area contributed by atoms with E-state index >= 15 is 0 Å². The molecule has 0 aromatic rings. The monoisotopic (exact) mass is 228 g/mol. The predicted octanol–water partition coefficient (Wildman–Crippen LogP) is 0.321. The largest absolute Gasteiger partial charge is 1.00 e. The van der Waals surface area contributed by atoms with Crippen molar-refractivity contribution in [3.63, 3.8) is 0 Å². The Labute approximate surface area is 73.6 Å². The standard InChI is InChI=1S/C2H4O2.Cl2HO2P.Cl/c1-2(3)4;1-5(2,3)4;/h1H3,(H,3,4);(H,3,4);/q;;+1/p-1. The summed E-state index contributed by atoms with van der Waals surface area (Å²) in [4.78, 5) is 16.5.